The molecule has 0 aromatic carbocycles. The van der Waals surface area contributed by atoms with Crippen LogP contribution in [0.1, 0.15) is 18.2 Å². The van der Waals surface area contributed by atoms with Gasteiger partial charge in [-0.25, -0.2) is 4.79 Å². The Bertz CT molecular complexity index is 1070. The van der Waals surface area contributed by atoms with E-state index in [4.69, 9.17) is 14.2 Å². The minimum absolute atomic E-state index is 0.230. The van der Waals surface area contributed by atoms with Crippen molar-refractivity contribution in [3.8, 4) is 11.5 Å². The molecular weight excluding hydrogens is 376 g/mol. The van der Waals surface area contributed by atoms with Crippen LogP contribution in [0.5, 0.6) is 11.5 Å². The van der Waals surface area contributed by atoms with Crippen molar-refractivity contribution in [1.29, 1.82) is 0 Å². The molecule has 3 atom stereocenters. The highest BCUT2D eigenvalue weighted by molar-refractivity contribution is 5.18. The standard InChI is InChI=1S/C20H20N4O5/c1-13-11-24(20(26)23-19(13)25)18-10-16(28-15-4-8-22-9-5-15)17(29-18)12-27-14-2-6-21-7-3-14/h2-9,11,16-18H,10,12H2,1H3,(H,23,25,26)/t16-,17+,18+/m0/s1. The summed E-state index contributed by atoms with van der Waals surface area (Å²) in [6.45, 7) is 1.87. The van der Waals surface area contributed by atoms with Crippen LogP contribution in [-0.4, -0.2) is 38.3 Å². The fraction of sp³-hybridized carbons (Fsp3) is 0.300. The van der Waals surface area contributed by atoms with Crippen molar-refractivity contribution in [3.05, 3.63) is 81.7 Å². The van der Waals surface area contributed by atoms with Crippen molar-refractivity contribution in [1.82, 2.24) is 19.5 Å². The summed E-state index contributed by atoms with van der Waals surface area (Å²) in [7, 11) is 0. The van der Waals surface area contributed by atoms with Gasteiger partial charge < -0.3 is 14.2 Å². The second-order valence-electron chi connectivity index (χ2n) is 6.68. The van der Waals surface area contributed by atoms with Gasteiger partial charge in [0.1, 0.15) is 36.5 Å². The molecular formula is C20H20N4O5. The summed E-state index contributed by atoms with van der Waals surface area (Å²) in [5, 5.41) is 0. The van der Waals surface area contributed by atoms with Gasteiger partial charge in [-0.05, 0) is 31.2 Å². The molecule has 0 radical (unpaired) electrons. The molecule has 1 fully saturated rings. The van der Waals surface area contributed by atoms with Crippen molar-refractivity contribution < 1.29 is 14.2 Å². The third-order valence-corrected chi connectivity index (χ3v) is 4.64. The molecule has 0 aliphatic carbocycles. The number of aryl methyl sites for hydroxylation is 1. The van der Waals surface area contributed by atoms with Crippen LogP contribution in [-0.2, 0) is 4.74 Å². The lowest BCUT2D eigenvalue weighted by Crippen LogP contribution is -2.33. The number of hydrogen-bond acceptors (Lipinski definition) is 7. The van der Waals surface area contributed by atoms with Gasteiger partial charge in [0.2, 0.25) is 0 Å². The Morgan fingerprint density at radius 3 is 2.45 bits per heavy atom. The average molecular weight is 396 g/mol. The molecule has 0 saturated carbocycles. The van der Waals surface area contributed by atoms with Crippen LogP contribution in [0.25, 0.3) is 0 Å². The summed E-state index contributed by atoms with van der Waals surface area (Å²) < 4.78 is 19.4. The van der Waals surface area contributed by atoms with Gasteiger partial charge in [-0.1, -0.05) is 0 Å². The zero-order chi connectivity index (χ0) is 20.2. The molecule has 1 saturated heterocycles. The lowest BCUT2D eigenvalue weighted by atomic mass is 10.2. The highest BCUT2D eigenvalue weighted by Crippen LogP contribution is 2.31. The smallest absolute Gasteiger partial charge is 0.330 e. The molecule has 9 nitrogen and oxygen atoms in total. The molecule has 0 spiro atoms. The van der Waals surface area contributed by atoms with Crippen molar-refractivity contribution in [2.45, 2.75) is 31.8 Å². The van der Waals surface area contributed by atoms with Crippen molar-refractivity contribution in [2.75, 3.05) is 6.61 Å². The van der Waals surface area contributed by atoms with Crippen LogP contribution in [0.2, 0.25) is 0 Å². The number of aromatic amines is 1. The number of ether oxygens (including phenoxy) is 3. The second-order valence-corrected chi connectivity index (χ2v) is 6.68. The molecule has 29 heavy (non-hydrogen) atoms. The number of aromatic nitrogens is 4. The monoisotopic (exact) mass is 396 g/mol. The quantitative estimate of drug-likeness (QED) is 0.672. The van der Waals surface area contributed by atoms with Gasteiger partial charge in [0.15, 0.2) is 0 Å². The predicted octanol–water partition coefficient (Wildman–Crippen LogP) is 1.45. The van der Waals surface area contributed by atoms with Gasteiger partial charge in [0.05, 0.1) is 0 Å². The minimum Gasteiger partial charge on any atom is -0.491 e. The van der Waals surface area contributed by atoms with Crippen LogP contribution in [0.4, 0.5) is 0 Å². The summed E-state index contributed by atoms with van der Waals surface area (Å²) >= 11 is 0. The molecule has 4 heterocycles. The fourth-order valence-corrected chi connectivity index (χ4v) is 3.15. The molecule has 1 N–H and O–H groups in total. The van der Waals surface area contributed by atoms with E-state index in [1.165, 1.54) is 10.8 Å². The van der Waals surface area contributed by atoms with E-state index in [-0.39, 0.29) is 12.7 Å². The topological polar surface area (TPSA) is 108 Å². The number of rotatable bonds is 6. The van der Waals surface area contributed by atoms with Gasteiger partial charge in [-0.2, -0.15) is 0 Å². The van der Waals surface area contributed by atoms with E-state index in [1.807, 2.05) is 0 Å². The minimum atomic E-state index is -0.587. The molecule has 9 heteroatoms. The first-order valence-corrected chi connectivity index (χ1v) is 9.17. The predicted molar refractivity (Wildman–Crippen MR) is 103 cm³/mol. The van der Waals surface area contributed by atoms with Crippen molar-refractivity contribution in [2.24, 2.45) is 0 Å². The van der Waals surface area contributed by atoms with E-state index < -0.39 is 23.6 Å². The first kappa shape index (κ1) is 18.9. The van der Waals surface area contributed by atoms with E-state index in [0.717, 1.165) is 0 Å². The van der Waals surface area contributed by atoms with Gasteiger partial charge in [-0.3, -0.25) is 24.3 Å². The molecule has 0 unspecified atom stereocenters. The Balaban J connectivity index is 1.55. The number of nitrogens with one attached hydrogen (secondary N) is 1. The third kappa shape index (κ3) is 4.35. The second kappa shape index (κ2) is 8.27. The highest BCUT2D eigenvalue weighted by Gasteiger charge is 2.39. The van der Waals surface area contributed by atoms with Gasteiger partial charge in [0.25, 0.3) is 5.56 Å². The van der Waals surface area contributed by atoms with Crippen LogP contribution >= 0.6 is 0 Å². The van der Waals surface area contributed by atoms with E-state index in [0.29, 0.717) is 23.5 Å². The van der Waals surface area contributed by atoms with Crippen molar-refractivity contribution in [3.63, 3.8) is 0 Å². The summed E-state index contributed by atoms with van der Waals surface area (Å²) in [5.41, 5.74) is -0.508. The number of hydrogen-bond donors (Lipinski definition) is 1. The van der Waals surface area contributed by atoms with E-state index >= 15 is 0 Å². The lowest BCUT2D eigenvalue weighted by molar-refractivity contribution is -0.0372. The molecule has 3 aromatic heterocycles. The Hall–Kier alpha value is -3.46. The lowest BCUT2D eigenvalue weighted by Gasteiger charge is -2.20. The van der Waals surface area contributed by atoms with E-state index in [2.05, 4.69) is 15.0 Å². The molecule has 4 rings (SSSR count). The first-order chi connectivity index (χ1) is 14.1. The normalized spacial score (nSPS) is 21.1. The number of H-pyrrole nitrogens is 1. The van der Waals surface area contributed by atoms with Crippen molar-refractivity contribution >= 4 is 0 Å². The number of nitrogens with zero attached hydrogens (tertiary/aromatic N) is 3. The van der Waals surface area contributed by atoms with Crippen LogP contribution in [0.3, 0.4) is 0 Å². The maximum atomic E-state index is 12.3. The average Bonchev–Trinajstić information content (AvgIpc) is 3.13. The maximum absolute atomic E-state index is 12.3. The van der Waals surface area contributed by atoms with Gasteiger partial charge >= 0.3 is 5.69 Å². The Morgan fingerprint density at radius 2 is 1.76 bits per heavy atom. The molecule has 0 bridgehead atoms. The zero-order valence-corrected chi connectivity index (χ0v) is 15.7. The SMILES string of the molecule is Cc1cn([C@H]2C[C@H](Oc3ccncc3)[C@@H](COc3ccncc3)O2)c(=O)[nH]c1=O. The molecule has 0 amide bonds. The third-order valence-electron chi connectivity index (χ3n) is 4.64. The van der Waals surface area contributed by atoms with E-state index in [9.17, 15) is 9.59 Å². The van der Waals surface area contributed by atoms with E-state index in [1.54, 1.807) is 56.0 Å². The largest absolute Gasteiger partial charge is 0.491 e. The first-order valence-electron chi connectivity index (χ1n) is 9.17. The molecule has 150 valence electrons. The fourth-order valence-electron chi connectivity index (χ4n) is 3.15. The molecule has 1 aliphatic rings. The van der Waals surface area contributed by atoms with Crippen LogP contribution in [0, 0.1) is 6.92 Å². The van der Waals surface area contributed by atoms with Gasteiger partial charge in [0, 0.05) is 43.0 Å². The highest BCUT2D eigenvalue weighted by atomic mass is 16.6. The number of pyridine rings is 2. The molecule has 3 aromatic rings. The summed E-state index contributed by atoms with van der Waals surface area (Å²) in [4.78, 5) is 34.2. The Kier molecular flexibility index (Phi) is 5.39. The summed E-state index contributed by atoms with van der Waals surface area (Å²) in [5.74, 6) is 1.31. The Labute approximate surface area is 165 Å². The van der Waals surface area contributed by atoms with Crippen LogP contribution < -0.4 is 20.7 Å². The summed E-state index contributed by atoms with van der Waals surface area (Å²) in [6, 6.07) is 7.01. The molecule has 1 aliphatic heterocycles. The van der Waals surface area contributed by atoms with Gasteiger partial charge in [-0.15, -0.1) is 0 Å². The maximum Gasteiger partial charge on any atom is 0.330 e. The zero-order valence-electron chi connectivity index (χ0n) is 15.7. The summed E-state index contributed by atoms with van der Waals surface area (Å²) in [6.07, 6.45) is 7.10. The van der Waals surface area contributed by atoms with Crippen LogP contribution in [0.15, 0.2) is 64.8 Å². The Morgan fingerprint density at radius 1 is 1.10 bits per heavy atom.